The Labute approximate surface area is 141 Å². The van der Waals surface area contributed by atoms with Gasteiger partial charge in [-0.05, 0) is 36.7 Å². The summed E-state index contributed by atoms with van der Waals surface area (Å²) < 4.78 is 2.14. The summed E-state index contributed by atoms with van der Waals surface area (Å²) in [5.74, 6) is -0.750. The van der Waals surface area contributed by atoms with E-state index >= 15 is 0 Å². The quantitative estimate of drug-likeness (QED) is 0.809. The van der Waals surface area contributed by atoms with E-state index in [2.05, 4.69) is 11.1 Å². The number of nitrogens with zero attached hydrogens (tertiary/aromatic N) is 2. The monoisotopic (exact) mass is 348 g/mol. The average Bonchev–Trinajstić information content (AvgIpc) is 3.08. The molecule has 5 nitrogen and oxygen atoms in total. The van der Waals surface area contributed by atoms with Gasteiger partial charge in [-0.1, -0.05) is 18.2 Å². The molecular formula is C16H16N2O3S2. The molecule has 0 amide bonds. The molecule has 1 aliphatic heterocycles. The van der Waals surface area contributed by atoms with E-state index in [0.29, 0.717) is 21.8 Å². The summed E-state index contributed by atoms with van der Waals surface area (Å²) in [6.45, 7) is 1.21. The third-order valence-electron chi connectivity index (χ3n) is 3.75. The van der Waals surface area contributed by atoms with Crippen LogP contribution in [0.25, 0.3) is 6.08 Å². The number of hydrogen-bond acceptors (Lipinski definition) is 5. The molecule has 0 saturated heterocycles. The van der Waals surface area contributed by atoms with Gasteiger partial charge >= 0.3 is 5.97 Å². The van der Waals surface area contributed by atoms with Crippen LogP contribution in [0.4, 0.5) is 0 Å². The number of carboxylic acids is 1. The highest BCUT2D eigenvalue weighted by Crippen LogP contribution is 2.27. The molecule has 0 saturated carbocycles. The van der Waals surface area contributed by atoms with Crippen LogP contribution < -0.4 is 10.6 Å². The Morgan fingerprint density at radius 2 is 2.30 bits per heavy atom. The van der Waals surface area contributed by atoms with Gasteiger partial charge in [0.1, 0.15) is 0 Å². The van der Waals surface area contributed by atoms with Gasteiger partial charge in [0.05, 0.1) is 10.2 Å². The molecule has 1 aliphatic rings. The number of thiazole rings is 1. The first kappa shape index (κ1) is 15.9. The highest BCUT2D eigenvalue weighted by atomic mass is 32.1. The van der Waals surface area contributed by atoms with Gasteiger partial charge in [-0.3, -0.25) is 14.4 Å². The zero-order chi connectivity index (χ0) is 16.4. The summed E-state index contributed by atoms with van der Waals surface area (Å²) in [4.78, 5) is 15.8. The molecule has 0 atom stereocenters. The maximum absolute atomic E-state index is 10.6. The van der Waals surface area contributed by atoms with Crippen molar-refractivity contribution in [2.45, 2.75) is 25.8 Å². The minimum Gasteiger partial charge on any atom is -0.493 e. The van der Waals surface area contributed by atoms with Gasteiger partial charge in [-0.25, -0.2) is 0 Å². The fourth-order valence-electron chi connectivity index (χ4n) is 2.65. The lowest BCUT2D eigenvalue weighted by molar-refractivity contribution is -0.137. The molecule has 0 aliphatic carbocycles. The number of aromatic hydroxyl groups is 1. The fraction of sp³-hybridized carbons (Fsp3) is 0.312. The summed E-state index contributed by atoms with van der Waals surface area (Å²) in [6, 6.07) is 6.04. The van der Waals surface area contributed by atoms with Gasteiger partial charge in [-0.15, -0.1) is 11.3 Å². The molecule has 7 heteroatoms. The molecule has 2 heterocycles. The summed E-state index contributed by atoms with van der Waals surface area (Å²) >= 11 is 6.61. The Morgan fingerprint density at radius 1 is 1.48 bits per heavy atom. The van der Waals surface area contributed by atoms with Crippen molar-refractivity contribution in [1.29, 1.82) is 0 Å². The molecular weight excluding hydrogens is 332 g/mol. The molecule has 0 radical (unpaired) electrons. The number of fused-ring (bicyclic) bond motifs is 1. The Morgan fingerprint density at radius 3 is 3.09 bits per heavy atom. The highest BCUT2D eigenvalue weighted by Gasteiger charge is 2.11. The molecule has 23 heavy (non-hydrogen) atoms. The molecule has 1 aromatic heterocycles. The second-order valence-electron chi connectivity index (χ2n) is 5.34. The van der Waals surface area contributed by atoms with Crippen LogP contribution in [-0.2, 0) is 17.8 Å². The molecule has 3 rings (SSSR count). The predicted molar refractivity (Wildman–Crippen MR) is 91.0 cm³/mol. The van der Waals surface area contributed by atoms with Crippen LogP contribution >= 0.6 is 23.6 Å². The number of aromatic nitrogens is 1. The molecule has 120 valence electrons. The van der Waals surface area contributed by atoms with E-state index in [4.69, 9.17) is 17.3 Å². The van der Waals surface area contributed by atoms with E-state index in [1.807, 2.05) is 18.2 Å². The normalized spacial score (nSPS) is 13.8. The highest BCUT2D eigenvalue weighted by molar-refractivity contribution is 7.73. The van der Waals surface area contributed by atoms with Crippen LogP contribution in [0, 0.1) is 3.95 Å². The van der Waals surface area contributed by atoms with E-state index in [0.717, 1.165) is 23.5 Å². The Bertz CT molecular complexity index is 928. The fourth-order valence-corrected chi connectivity index (χ4v) is 3.96. The number of benzene rings is 1. The third kappa shape index (κ3) is 3.35. The van der Waals surface area contributed by atoms with Crippen molar-refractivity contribution < 1.29 is 15.0 Å². The maximum Gasteiger partial charge on any atom is 0.303 e. The van der Waals surface area contributed by atoms with Gasteiger partial charge in [0.15, 0.2) is 3.95 Å². The lowest BCUT2D eigenvalue weighted by atomic mass is 10.1. The van der Waals surface area contributed by atoms with Crippen LogP contribution in [0.2, 0.25) is 0 Å². The van der Waals surface area contributed by atoms with Crippen LogP contribution in [0.5, 0.6) is 5.88 Å². The van der Waals surface area contributed by atoms with Crippen molar-refractivity contribution in [1.82, 2.24) is 4.57 Å². The van der Waals surface area contributed by atoms with Crippen LogP contribution in [0.15, 0.2) is 23.2 Å². The van der Waals surface area contributed by atoms with E-state index < -0.39 is 5.97 Å². The third-order valence-corrected chi connectivity index (χ3v) is 5.14. The summed E-state index contributed by atoms with van der Waals surface area (Å²) in [5.41, 5.74) is 1.22. The number of carbonyl (C=O) groups is 1. The first-order valence-corrected chi connectivity index (χ1v) is 8.57. The van der Waals surface area contributed by atoms with Gasteiger partial charge in [0, 0.05) is 24.7 Å². The van der Waals surface area contributed by atoms with E-state index in [1.165, 1.54) is 16.9 Å². The molecule has 0 spiro atoms. The molecule has 2 N–H and O–H groups in total. The van der Waals surface area contributed by atoms with Crippen molar-refractivity contribution in [2.24, 2.45) is 4.99 Å². The van der Waals surface area contributed by atoms with Crippen molar-refractivity contribution >= 4 is 35.6 Å². The van der Waals surface area contributed by atoms with Crippen molar-refractivity contribution in [2.75, 3.05) is 6.54 Å². The van der Waals surface area contributed by atoms with E-state index in [-0.39, 0.29) is 12.3 Å². The predicted octanol–water partition coefficient (Wildman–Crippen LogP) is 1.85. The Hall–Kier alpha value is -1.99. The number of rotatable bonds is 5. The van der Waals surface area contributed by atoms with Crippen molar-refractivity contribution in [3.63, 3.8) is 0 Å². The minimum absolute atomic E-state index is 0.0567. The number of hydrogen-bond donors (Lipinski definition) is 2. The summed E-state index contributed by atoms with van der Waals surface area (Å²) in [5, 5.41) is 21.1. The number of para-hydroxylation sites is 1. The van der Waals surface area contributed by atoms with Gasteiger partial charge in [0.25, 0.3) is 0 Å². The molecule has 0 fully saturated rings. The van der Waals surface area contributed by atoms with Crippen molar-refractivity contribution in [3.8, 4) is 5.88 Å². The molecule has 0 unspecified atom stereocenters. The van der Waals surface area contributed by atoms with E-state index in [1.54, 1.807) is 4.57 Å². The smallest absolute Gasteiger partial charge is 0.303 e. The Balaban J connectivity index is 1.97. The first-order valence-electron chi connectivity index (χ1n) is 7.35. The zero-order valence-electron chi connectivity index (χ0n) is 12.4. The molecule has 0 bridgehead atoms. The Kier molecular flexibility index (Phi) is 4.58. The number of carboxylic acid groups (broad SMARTS) is 1. The van der Waals surface area contributed by atoms with Crippen molar-refractivity contribution in [3.05, 3.63) is 43.2 Å². The number of aliphatic carboxylic acids is 1. The maximum atomic E-state index is 10.6. The topological polar surface area (TPSA) is 74.8 Å². The summed E-state index contributed by atoms with van der Waals surface area (Å²) in [7, 11) is 0. The van der Waals surface area contributed by atoms with Crippen LogP contribution in [0.3, 0.4) is 0 Å². The lowest BCUT2D eigenvalue weighted by Crippen LogP contribution is -2.25. The van der Waals surface area contributed by atoms with E-state index in [9.17, 15) is 9.90 Å². The average molecular weight is 348 g/mol. The SMILES string of the molecule is O=C(O)CCCn1c(O)c(/C=c2/cccc3c2=NCC3)sc1=S. The second-order valence-corrected chi connectivity index (χ2v) is 7.01. The largest absolute Gasteiger partial charge is 0.493 e. The van der Waals surface area contributed by atoms with Gasteiger partial charge in [-0.2, -0.15) is 0 Å². The standard InChI is InChI=1S/C16H16N2O3S2/c19-13(20)5-2-8-18-15(21)12(23-16(18)22)9-11-4-1-3-10-6-7-17-14(10)11/h1,3-4,9,21H,2,5-8H2,(H,19,20)/b11-9-. The second kappa shape index (κ2) is 6.64. The lowest BCUT2D eigenvalue weighted by Gasteiger charge is -2.02. The van der Waals surface area contributed by atoms with Gasteiger partial charge in [0.2, 0.25) is 5.88 Å². The zero-order valence-corrected chi connectivity index (χ0v) is 14.0. The summed E-state index contributed by atoms with van der Waals surface area (Å²) in [6.07, 6.45) is 3.34. The first-order chi connectivity index (χ1) is 11.1. The molecule has 1 aromatic carbocycles. The minimum atomic E-state index is -0.848. The van der Waals surface area contributed by atoms with Gasteiger partial charge < -0.3 is 10.2 Å². The van der Waals surface area contributed by atoms with Crippen LogP contribution in [0.1, 0.15) is 23.3 Å². The molecule has 2 aromatic rings. The van der Waals surface area contributed by atoms with Crippen LogP contribution in [-0.4, -0.2) is 27.3 Å².